The maximum Gasteiger partial charge on any atom is 0.302 e. The predicted octanol–water partition coefficient (Wildman–Crippen LogP) is 4.32. The molecule has 5 heteroatoms. The molecule has 4 rings (SSSR count). The molecule has 5 nitrogen and oxygen atoms in total. The number of carbonyl (C=O) groups excluding carboxylic acids is 3. The fraction of sp³-hybridized carbons (Fsp3) is 0.875. The Morgan fingerprint density at radius 1 is 0.966 bits per heavy atom. The number of fused-ring (bicyclic) bond motifs is 5. The molecule has 0 aromatic rings. The van der Waals surface area contributed by atoms with Gasteiger partial charge in [0.2, 0.25) is 0 Å². The first kappa shape index (κ1) is 20.9. The van der Waals surface area contributed by atoms with E-state index in [1.165, 1.54) is 20.3 Å². The van der Waals surface area contributed by atoms with Gasteiger partial charge in [-0.05, 0) is 67.6 Å². The third-order valence-corrected chi connectivity index (χ3v) is 9.50. The molecule has 4 aliphatic carbocycles. The molecule has 4 aliphatic rings. The van der Waals surface area contributed by atoms with Gasteiger partial charge in [-0.15, -0.1) is 0 Å². The summed E-state index contributed by atoms with van der Waals surface area (Å²) < 4.78 is 11.2. The number of ether oxygens (including phenoxy) is 2. The second-order valence-electron chi connectivity index (χ2n) is 10.7. The summed E-state index contributed by atoms with van der Waals surface area (Å²) >= 11 is 0. The Morgan fingerprint density at radius 3 is 2.41 bits per heavy atom. The number of hydrogen-bond donors (Lipinski definition) is 0. The second-order valence-corrected chi connectivity index (χ2v) is 10.7. The third-order valence-electron chi connectivity index (χ3n) is 9.50. The van der Waals surface area contributed by atoms with Crippen LogP contribution in [0, 0.1) is 40.4 Å². The van der Waals surface area contributed by atoms with E-state index in [1.807, 2.05) is 0 Å². The van der Waals surface area contributed by atoms with Crippen LogP contribution in [-0.2, 0) is 23.9 Å². The first-order valence-electron chi connectivity index (χ1n) is 11.5. The van der Waals surface area contributed by atoms with Gasteiger partial charge in [-0.3, -0.25) is 14.4 Å². The zero-order valence-electron chi connectivity index (χ0n) is 18.4. The Hall–Kier alpha value is -1.39. The van der Waals surface area contributed by atoms with E-state index in [1.54, 1.807) is 0 Å². The van der Waals surface area contributed by atoms with Crippen LogP contribution in [0.4, 0.5) is 0 Å². The van der Waals surface area contributed by atoms with Gasteiger partial charge < -0.3 is 9.47 Å². The van der Waals surface area contributed by atoms with Crippen LogP contribution < -0.4 is 0 Å². The lowest BCUT2D eigenvalue weighted by Gasteiger charge is -2.62. The molecule has 0 N–H and O–H groups in total. The second kappa shape index (κ2) is 7.39. The predicted molar refractivity (Wildman–Crippen MR) is 108 cm³/mol. The lowest BCUT2D eigenvalue weighted by molar-refractivity contribution is -0.175. The maximum absolute atomic E-state index is 12.5. The molecule has 0 aliphatic heterocycles. The van der Waals surface area contributed by atoms with Gasteiger partial charge in [0.1, 0.15) is 11.9 Å². The zero-order chi connectivity index (χ0) is 21.0. The van der Waals surface area contributed by atoms with Crippen LogP contribution in [0.15, 0.2) is 0 Å². The average Bonchev–Trinajstić information content (AvgIpc) is 2.96. The van der Waals surface area contributed by atoms with Crippen LogP contribution in [0.2, 0.25) is 0 Å². The number of esters is 2. The van der Waals surface area contributed by atoms with Gasteiger partial charge in [-0.1, -0.05) is 13.8 Å². The molecule has 0 aromatic heterocycles. The molecule has 4 fully saturated rings. The van der Waals surface area contributed by atoms with Crippen LogP contribution in [-0.4, -0.2) is 30.4 Å². The van der Waals surface area contributed by atoms with E-state index in [9.17, 15) is 14.4 Å². The molecule has 0 bridgehead atoms. The van der Waals surface area contributed by atoms with Crippen molar-refractivity contribution in [1.82, 2.24) is 0 Å². The summed E-state index contributed by atoms with van der Waals surface area (Å²) in [5.74, 6) is 2.19. The molecule has 8 atom stereocenters. The summed E-state index contributed by atoms with van der Waals surface area (Å²) in [4.78, 5) is 35.6. The smallest absolute Gasteiger partial charge is 0.302 e. The van der Waals surface area contributed by atoms with Crippen molar-refractivity contribution in [3.05, 3.63) is 0 Å². The van der Waals surface area contributed by atoms with Gasteiger partial charge in [0.25, 0.3) is 0 Å². The SMILES string of the molecule is CC(=O)OCC1CC(=O)CC2CC[C@@H]3[C@@H](CC[C@]4(C)C(OC(C)=O)CC[C@@H]34)[C@]21C. The summed E-state index contributed by atoms with van der Waals surface area (Å²) in [6, 6.07) is 0. The van der Waals surface area contributed by atoms with Gasteiger partial charge in [0.05, 0.1) is 6.61 Å². The van der Waals surface area contributed by atoms with Crippen molar-refractivity contribution in [2.24, 2.45) is 40.4 Å². The third kappa shape index (κ3) is 3.33. The van der Waals surface area contributed by atoms with E-state index in [-0.39, 0.29) is 34.8 Å². The Morgan fingerprint density at radius 2 is 1.72 bits per heavy atom. The van der Waals surface area contributed by atoms with E-state index in [2.05, 4.69) is 13.8 Å². The van der Waals surface area contributed by atoms with Crippen molar-refractivity contribution >= 4 is 17.7 Å². The van der Waals surface area contributed by atoms with Gasteiger partial charge in [0, 0.05) is 38.0 Å². The molecule has 0 amide bonds. The Balaban J connectivity index is 1.61. The van der Waals surface area contributed by atoms with Crippen molar-refractivity contribution in [3.63, 3.8) is 0 Å². The minimum Gasteiger partial charge on any atom is -0.466 e. The summed E-state index contributed by atoms with van der Waals surface area (Å²) in [5, 5.41) is 0. The van der Waals surface area contributed by atoms with Gasteiger partial charge in [0.15, 0.2) is 0 Å². The maximum atomic E-state index is 12.5. The molecule has 4 saturated carbocycles. The fourth-order valence-electron chi connectivity index (χ4n) is 8.08. The highest BCUT2D eigenvalue weighted by Crippen LogP contribution is 2.67. The van der Waals surface area contributed by atoms with E-state index in [0.29, 0.717) is 48.9 Å². The van der Waals surface area contributed by atoms with Crippen LogP contribution in [0.3, 0.4) is 0 Å². The van der Waals surface area contributed by atoms with E-state index >= 15 is 0 Å². The van der Waals surface area contributed by atoms with Gasteiger partial charge >= 0.3 is 11.9 Å². The normalized spacial score (nSPS) is 46.3. The quantitative estimate of drug-likeness (QED) is 0.655. The lowest BCUT2D eigenvalue weighted by atomic mass is 9.43. The molecule has 29 heavy (non-hydrogen) atoms. The lowest BCUT2D eigenvalue weighted by Crippen LogP contribution is -2.58. The van der Waals surface area contributed by atoms with Gasteiger partial charge in [-0.25, -0.2) is 0 Å². The number of carbonyl (C=O) groups is 3. The highest BCUT2D eigenvalue weighted by molar-refractivity contribution is 5.80. The van der Waals surface area contributed by atoms with Gasteiger partial charge in [-0.2, -0.15) is 0 Å². The Bertz CT molecular complexity index is 701. The molecule has 3 unspecified atom stereocenters. The van der Waals surface area contributed by atoms with Crippen molar-refractivity contribution in [3.8, 4) is 0 Å². The summed E-state index contributed by atoms with van der Waals surface area (Å²) in [7, 11) is 0. The van der Waals surface area contributed by atoms with E-state index in [4.69, 9.17) is 9.47 Å². The Kier molecular flexibility index (Phi) is 5.31. The molecule has 0 radical (unpaired) electrons. The zero-order valence-corrected chi connectivity index (χ0v) is 18.4. The summed E-state index contributed by atoms with van der Waals surface area (Å²) in [5.41, 5.74) is 0.124. The highest BCUT2D eigenvalue weighted by atomic mass is 16.5. The minimum atomic E-state index is -0.258. The molecule has 0 saturated heterocycles. The molecule has 0 aromatic carbocycles. The molecular formula is C24H36O5. The topological polar surface area (TPSA) is 69.7 Å². The first-order valence-corrected chi connectivity index (χ1v) is 11.5. The van der Waals surface area contributed by atoms with Crippen molar-refractivity contribution < 1.29 is 23.9 Å². The van der Waals surface area contributed by atoms with Crippen LogP contribution in [0.1, 0.15) is 79.1 Å². The van der Waals surface area contributed by atoms with Crippen molar-refractivity contribution in [2.75, 3.05) is 6.61 Å². The van der Waals surface area contributed by atoms with Crippen LogP contribution >= 0.6 is 0 Å². The minimum absolute atomic E-state index is 0.0428. The average molecular weight is 405 g/mol. The van der Waals surface area contributed by atoms with Crippen LogP contribution in [0.5, 0.6) is 0 Å². The van der Waals surface area contributed by atoms with Crippen LogP contribution in [0.25, 0.3) is 0 Å². The van der Waals surface area contributed by atoms with E-state index in [0.717, 1.165) is 32.1 Å². The summed E-state index contributed by atoms with van der Waals surface area (Å²) in [6.07, 6.45) is 7.83. The summed E-state index contributed by atoms with van der Waals surface area (Å²) in [6.45, 7) is 8.07. The largest absolute Gasteiger partial charge is 0.466 e. The number of Topliss-reactive ketones (excluding diaryl/α,β-unsaturated/α-hetero) is 1. The standard InChI is InChI=1S/C24H36O5/c1-14(25)28-13-17-12-18(27)11-16-5-6-19-20-7-8-22(29-15(2)26)23(20,3)10-9-21(19)24(16,17)4/h16-17,19-22H,5-13H2,1-4H3/t16?,17?,19-,20-,21+,22?,23-,24+/m0/s1. The number of rotatable bonds is 3. The molecular weight excluding hydrogens is 368 g/mol. The van der Waals surface area contributed by atoms with Crippen molar-refractivity contribution in [1.29, 1.82) is 0 Å². The molecule has 162 valence electrons. The Labute approximate surface area is 174 Å². The highest BCUT2D eigenvalue weighted by Gasteiger charge is 2.63. The van der Waals surface area contributed by atoms with Crippen molar-refractivity contribution in [2.45, 2.75) is 85.2 Å². The van der Waals surface area contributed by atoms with E-state index < -0.39 is 0 Å². The monoisotopic (exact) mass is 404 g/mol. The fourth-order valence-corrected chi connectivity index (χ4v) is 8.08. The number of ketones is 1. The molecule has 0 spiro atoms. The number of hydrogen-bond acceptors (Lipinski definition) is 5. The first-order chi connectivity index (χ1) is 13.7. The molecule has 0 heterocycles.